The van der Waals surface area contributed by atoms with Gasteiger partial charge in [0.15, 0.2) is 6.61 Å². The minimum atomic E-state index is -4.83. The molecule has 156 valence electrons. The first-order valence-corrected chi connectivity index (χ1v) is 7.95. The Balaban J connectivity index is 2.11. The molecule has 0 aliphatic carbocycles. The molecule has 5 nitrogen and oxygen atoms in total. The van der Waals surface area contributed by atoms with E-state index in [0.29, 0.717) is 12.1 Å². The summed E-state index contributed by atoms with van der Waals surface area (Å²) in [5.41, 5.74) is -2.92. The first kappa shape index (κ1) is 22.1. The van der Waals surface area contributed by atoms with E-state index in [1.807, 2.05) is 5.32 Å². The van der Waals surface area contributed by atoms with Crippen molar-refractivity contribution >= 4 is 23.2 Å². The number of carbonyl (C=O) groups excluding carboxylic acids is 2. The second-order valence-electron chi connectivity index (χ2n) is 5.80. The third-order valence-electron chi connectivity index (χ3n) is 3.45. The number of nitrogens with one attached hydrogen (secondary N) is 2. The Morgan fingerprint density at radius 1 is 0.931 bits per heavy atom. The number of benzene rings is 2. The molecular weight excluding hydrogens is 406 g/mol. The molecule has 2 rings (SSSR count). The van der Waals surface area contributed by atoms with E-state index in [2.05, 4.69) is 5.32 Å². The van der Waals surface area contributed by atoms with Gasteiger partial charge in [-0.2, -0.15) is 26.3 Å². The highest BCUT2D eigenvalue weighted by Gasteiger charge is 2.34. The van der Waals surface area contributed by atoms with Gasteiger partial charge in [0.25, 0.3) is 5.91 Å². The zero-order valence-electron chi connectivity index (χ0n) is 14.7. The number of rotatable bonds is 5. The largest absolute Gasteiger partial charge is 0.484 e. The van der Waals surface area contributed by atoms with Crippen molar-refractivity contribution in [3.05, 3.63) is 53.6 Å². The lowest BCUT2D eigenvalue weighted by atomic mass is 10.1. The van der Waals surface area contributed by atoms with Crippen LogP contribution in [0.2, 0.25) is 0 Å². The summed E-state index contributed by atoms with van der Waals surface area (Å²) in [6.07, 6.45) is -9.45. The highest BCUT2D eigenvalue weighted by molar-refractivity contribution is 5.94. The number of alkyl halides is 6. The molecule has 2 amide bonds. The summed E-state index contributed by atoms with van der Waals surface area (Å²) in [4.78, 5) is 22.9. The zero-order valence-corrected chi connectivity index (χ0v) is 14.7. The van der Waals surface area contributed by atoms with E-state index in [1.54, 1.807) is 0 Å². The molecule has 0 saturated carbocycles. The first-order chi connectivity index (χ1) is 13.4. The summed E-state index contributed by atoms with van der Waals surface area (Å²) < 4.78 is 82.6. The van der Waals surface area contributed by atoms with Crippen molar-refractivity contribution < 1.29 is 40.7 Å². The van der Waals surface area contributed by atoms with Crippen molar-refractivity contribution in [2.24, 2.45) is 0 Å². The summed E-state index contributed by atoms with van der Waals surface area (Å²) in [6, 6.07) is 6.45. The smallest absolute Gasteiger partial charge is 0.418 e. The van der Waals surface area contributed by atoms with Gasteiger partial charge < -0.3 is 15.4 Å². The van der Waals surface area contributed by atoms with E-state index in [9.17, 15) is 35.9 Å². The van der Waals surface area contributed by atoms with Crippen LogP contribution in [0.4, 0.5) is 37.7 Å². The summed E-state index contributed by atoms with van der Waals surface area (Å²) in [5, 5.41) is 4.19. The second kappa shape index (κ2) is 8.41. The Morgan fingerprint density at radius 3 is 2.21 bits per heavy atom. The molecule has 0 spiro atoms. The highest BCUT2D eigenvalue weighted by atomic mass is 19.4. The Hall–Kier alpha value is -3.24. The fourth-order valence-electron chi connectivity index (χ4n) is 2.27. The van der Waals surface area contributed by atoms with Gasteiger partial charge in [-0.15, -0.1) is 0 Å². The first-order valence-electron chi connectivity index (χ1n) is 7.95. The van der Waals surface area contributed by atoms with Gasteiger partial charge in [-0.1, -0.05) is 6.07 Å². The Labute approximate surface area is 160 Å². The van der Waals surface area contributed by atoms with Gasteiger partial charge in [0, 0.05) is 12.6 Å². The SMILES string of the molecule is CC(=O)Nc1ccc(NC(=O)COc2cccc(C(F)(F)F)c2)c(C(F)(F)F)c1. The Kier molecular flexibility index (Phi) is 6.40. The molecule has 0 heterocycles. The van der Waals surface area contributed by atoms with Crippen LogP contribution in [-0.2, 0) is 21.9 Å². The zero-order chi connectivity index (χ0) is 21.8. The molecule has 2 aromatic carbocycles. The molecule has 0 atom stereocenters. The van der Waals surface area contributed by atoms with Gasteiger partial charge in [-0.25, -0.2) is 0 Å². The predicted molar refractivity (Wildman–Crippen MR) is 91.3 cm³/mol. The molecule has 2 N–H and O–H groups in total. The molecule has 29 heavy (non-hydrogen) atoms. The van der Waals surface area contributed by atoms with Crippen LogP contribution in [0.3, 0.4) is 0 Å². The molecule has 0 aliphatic rings. The van der Waals surface area contributed by atoms with Crippen LogP contribution in [0, 0.1) is 0 Å². The molecule has 11 heteroatoms. The fourth-order valence-corrected chi connectivity index (χ4v) is 2.27. The number of anilines is 2. The normalized spacial score (nSPS) is 11.7. The van der Waals surface area contributed by atoms with Gasteiger partial charge in [0.1, 0.15) is 5.75 Å². The molecule has 2 aromatic rings. The van der Waals surface area contributed by atoms with Crippen LogP contribution >= 0.6 is 0 Å². The molecule has 0 unspecified atom stereocenters. The number of ether oxygens (including phenoxy) is 1. The van der Waals surface area contributed by atoms with Crippen LogP contribution in [0.15, 0.2) is 42.5 Å². The maximum Gasteiger partial charge on any atom is 0.418 e. The van der Waals surface area contributed by atoms with Crippen molar-refractivity contribution in [2.75, 3.05) is 17.2 Å². The Bertz CT molecular complexity index is 909. The van der Waals surface area contributed by atoms with Gasteiger partial charge in [0.05, 0.1) is 16.8 Å². The van der Waals surface area contributed by atoms with Crippen molar-refractivity contribution in [3.63, 3.8) is 0 Å². The van der Waals surface area contributed by atoms with Gasteiger partial charge in [0.2, 0.25) is 5.91 Å². The van der Waals surface area contributed by atoms with E-state index in [1.165, 1.54) is 6.07 Å². The predicted octanol–water partition coefficient (Wildman–Crippen LogP) is 4.70. The lowest BCUT2D eigenvalue weighted by molar-refractivity contribution is -0.138. The van der Waals surface area contributed by atoms with Crippen molar-refractivity contribution in [1.29, 1.82) is 0 Å². The quantitative estimate of drug-likeness (QED) is 0.690. The van der Waals surface area contributed by atoms with Crippen LogP contribution < -0.4 is 15.4 Å². The Morgan fingerprint density at radius 2 is 1.62 bits per heavy atom. The van der Waals surface area contributed by atoms with Crippen LogP contribution in [0.5, 0.6) is 5.75 Å². The van der Waals surface area contributed by atoms with Gasteiger partial charge >= 0.3 is 12.4 Å². The number of halogens is 6. The minimum absolute atomic E-state index is 0.122. The summed E-state index contributed by atoms with van der Waals surface area (Å²) >= 11 is 0. The third kappa shape index (κ3) is 6.40. The van der Waals surface area contributed by atoms with E-state index in [4.69, 9.17) is 4.74 Å². The van der Waals surface area contributed by atoms with Crippen LogP contribution in [0.1, 0.15) is 18.1 Å². The van der Waals surface area contributed by atoms with Crippen molar-refractivity contribution in [2.45, 2.75) is 19.3 Å². The third-order valence-corrected chi connectivity index (χ3v) is 3.45. The minimum Gasteiger partial charge on any atom is -0.484 e. The molecule has 0 aromatic heterocycles. The molecule has 0 aliphatic heterocycles. The summed E-state index contributed by atoms with van der Waals surface area (Å²) in [6.45, 7) is 0.306. The van der Waals surface area contributed by atoms with Crippen molar-refractivity contribution in [3.8, 4) is 5.75 Å². The number of hydrogen-bond donors (Lipinski definition) is 2. The standard InChI is InChI=1S/C18H14F6N2O3/c1-10(27)25-12-5-6-15(14(8-12)18(22,23)24)26-16(28)9-29-13-4-2-3-11(7-13)17(19,20)21/h2-8H,9H2,1H3,(H,25,27)(H,26,28). The number of amides is 2. The second-order valence-corrected chi connectivity index (χ2v) is 5.80. The van der Waals surface area contributed by atoms with Crippen molar-refractivity contribution in [1.82, 2.24) is 0 Å². The molecule has 0 fully saturated rings. The highest BCUT2D eigenvalue weighted by Crippen LogP contribution is 2.36. The lowest BCUT2D eigenvalue weighted by Gasteiger charge is -2.16. The maximum atomic E-state index is 13.2. The van der Waals surface area contributed by atoms with E-state index < -0.39 is 47.6 Å². The average molecular weight is 420 g/mol. The van der Waals surface area contributed by atoms with Crippen LogP contribution in [-0.4, -0.2) is 18.4 Å². The van der Waals surface area contributed by atoms with E-state index in [0.717, 1.165) is 31.2 Å². The monoisotopic (exact) mass is 420 g/mol. The number of hydrogen-bond acceptors (Lipinski definition) is 3. The molecule has 0 bridgehead atoms. The molecule has 0 saturated heterocycles. The van der Waals surface area contributed by atoms with E-state index in [-0.39, 0.29) is 11.4 Å². The molecular formula is C18H14F6N2O3. The van der Waals surface area contributed by atoms with E-state index >= 15 is 0 Å². The topological polar surface area (TPSA) is 67.4 Å². The summed E-state index contributed by atoms with van der Waals surface area (Å²) in [5.74, 6) is -1.86. The fraction of sp³-hybridized carbons (Fsp3) is 0.222. The molecule has 0 radical (unpaired) electrons. The maximum absolute atomic E-state index is 13.2. The average Bonchev–Trinajstić information content (AvgIpc) is 2.59. The summed E-state index contributed by atoms with van der Waals surface area (Å²) in [7, 11) is 0. The number of carbonyl (C=O) groups is 2. The van der Waals surface area contributed by atoms with Gasteiger partial charge in [-0.3, -0.25) is 9.59 Å². The van der Waals surface area contributed by atoms with Gasteiger partial charge in [-0.05, 0) is 36.4 Å². The van der Waals surface area contributed by atoms with Crippen LogP contribution in [0.25, 0.3) is 0 Å². The lowest BCUT2D eigenvalue weighted by Crippen LogP contribution is -2.22.